The standard InChI is InChI=1S/C16H16BrCl2N/c1-12-4-2-3-5-15(12)16(10-18,11-19)8-14-7-6-13(17)9-20-14/h2-7,9H,8,10-11H2,1H3. The maximum atomic E-state index is 6.29. The van der Waals surface area contributed by atoms with Gasteiger partial charge in [0.1, 0.15) is 0 Å². The molecular weight excluding hydrogens is 357 g/mol. The Balaban J connectivity index is 2.39. The molecule has 1 heterocycles. The summed E-state index contributed by atoms with van der Waals surface area (Å²) in [5.74, 6) is 0.943. The summed E-state index contributed by atoms with van der Waals surface area (Å²) in [7, 11) is 0. The summed E-state index contributed by atoms with van der Waals surface area (Å²) in [5.41, 5.74) is 3.13. The van der Waals surface area contributed by atoms with Crippen molar-refractivity contribution < 1.29 is 0 Å². The van der Waals surface area contributed by atoms with Gasteiger partial charge in [-0.3, -0.25) is 4.98 Å². The molecule has 0 bridgehead atoms. The molecule has 0 amide bonds. The van der Waals surface area contributed by atoms with E-state index in [1.54, 1.807) is 6.20 Å². The van der Waals surface area contributed by atoms with Gasteiger partial charge in [0.2, 0.25) is 0 Å². The molecule has 20 heavy (non-hydrogen) atoms. The third-order valence-electron chi connectivity index (χ3n) is 3.54. The zero-order valence-electron chi connectivity index (χ0n) is 11.2. The van der Waals surface area contributed by atoms with Crippen LogP contribution in [0.2, 0.25) is 0 Å². The van der Waals surface area contributed by atoms with Crippen molar-refractivity contribution in [1.29, 1.82) is 0 Å². The quantitative estimate of drug-likeness (QED) is 0.664. The number of aromatic nitrogens is 1. The summed E-state index contributed by atoms with van der Waals surface area (Å²) in [6.07, 6.45) is 2.54. The summed E-state index contributed by atoms with van der Waals surface area (Å²) in [6.45, 7) is 2.10. The molecule has 4 heteroatoms. The van der Waals surface area contributed by atoms with Crippen LogP contribution in [0.15, 0.2) is 47.1 Å². The molecule has 0 radical (unpaired) electrons. The summed E-state index contributed by atoms with van der Waals surface area (Å²) in [6, 6.07) is 12.3. The van der Waals surface area contributed by atoms with Crippen molar-refractivity contribution in [3.63, 3.8) is 0 Å². The Hall–Kier alpha value is -0.570. The molecule has 0 aliphatic carbocycles. The predicted octanol–water partition coefficient (Wildman–Crippen LogP) is 5.11. The van der Waals surface area contributed by atoms with E-state index < -0.39 is 0 Å². The maximum Gasteiger partial charge on any atom is 0.0414 e. The van der Waals surface area contributed by atoms with Gasteiger partial charge < -0.3 is 0 Å². The number of nitrogens with zero attached hydrogens (tertiary/aromatic N) is 1. The SMILES string of the molecule is Cc1ccccc1C(CCl)(CCl)Cc1ccc(Br)cn1. The lowest BCUT2D eigenvalue weighted by molar-refractivity contribution is 0.525. The predicted molar refractivity (Wildman–Crippen MR) is 89.9 cm³/mol. The maximum absolute atomic E-state index is 6.29. The van der Waals surface area contributed by atoms with Crippen LogP contribution in [0.1, 0.15) is 16.8 Å². The summed E-state index contributed by atoms with van der Waals surface area (Å²) in [5, 5.41) is 0. The lowest BCUT2D eigenvalue weighted by Gasteiger charge is -2.31. The topological polar surface area (TPSA) is 12.9 Å². The van der Waals surface area contributed by atoms with Gasteiger partial charge in [0.25, 0.3) is 0 Å². The van der Waals surface area contributed by atoms with Crippen molar-refractivity contribution in [2.24, 2.45) is 0 Å². The molecule has 0 saturated heterocycles. The number of aryl methyl sites for hydroxylation is 1. The van der Waals surface area contributed by atoms with E-state index >= 15 is 0 Å². The molecule has 0 aliphatic rings. The number of benzene rings is 1. The molecule has 1 nitrogen and oxygen atoms in total. The molecule has 0 saturated carbocycles. The van der Waals surface area contributed by atoms with E-state index in [0.29, 0.717) is 11.8 Å². The molecule has 0 N–H and O–H groups in total. The highest BCUT2D eigenvalue weighted by atomic mass is 79.9. The number of pyridine rings is 1. The fraction of sp³-hybridized carbons (Fsp3) is 0.312. The highest BCUT2D eigenvalue weighted by Gasteiger charge is 2.32. The molecule has 2 aromatic rings. The first-order valence-electron chi connectivity index (χ1n) is 6.40. The largest absolute Gasteiger partial charge is 0.260 e. The third-order valence-corrected chi connectivity index (χ3v) is 5.03. The minimum Gasteiger partial charge on any atom is -0.260 e. The van der Waals surface area contributed by atoms with Gasteiger partial charge in [0, 0.05) is 40.0 Å². The average molecular weight is 373 g/mol. The monoisotopic (exact) mass is 371 g/mol. The van der Waals surface area contributed by atoms with E-state index in [1.165, 1.54) is 11.1 Å². The lowest BCUT2D eigenvalue weighted by Crippen LogP contribution is -2.34. The molecule has 1 aromatic heterocycles. The van der Waals surface area contributed by atoms with Gasteiger partial charge >= 0.3 is 0 Å². The summed E-state index contributed by atoms with van der Waals surface area (Å²) >= 11 is 16.0. The molecule has 0 unspecified atom stereocenters. The lowest BCUT2D eigenvalue weighted by atomic mass is 9.78. The van der Waals surface area contributed by atoms with Crippen LogP contribution in [-0.4, -0.2) is 16.7 Å². The number of rotatable bonds is 5. The zero-order chi connectivity index (χ0) is 14.6. The van der Waals surface area contributed by atoms with Crippen molar-refractivity contribution in [1.82, 2.24) is 4.98 Å². The molecule has 1 aromatic carbocycles. The van der Waals surface area contributed by atoms with E-state index in [-0.39, 0.29) is 5.41 Å². The number of hydrogen-bond donors (Lipinski definition) is 0. The van der Waals surface area contributed by atoms with Crippen LogP contribution in [-0.2, 0) is 11.8 Å². The number of halogens is 3. The fourth-order valence-electron chi connectivity index (χ4n) is 2.40. The molecule has 0 atom stereocenters. The Bertz CT molecular complexity index is 565. The van der Waals surface area contributed by atoms with E-state index in [9.17, 15) is 0 Å². The number of alkyl halides is 2. The van der Waals surface area contributed by atoms with Gasteiger partial charge in [-0.2, -0.15) is 0 Å². The van der Waals surface area contributed by atoms with Crippen molar-refractivity contribution in [2.75, 3.05) is 11.8 Å². The van der Waals surface area contributed by atoms with Crippen LogP contribution in [0.5, 0.6) is 0 Å². The van der Waals surface area contributed by atoms with Crippen LogP contribution in [0.4, 0.5) is 0 Å². The molecule has 0 aliphatic heterocycles. The minimum atomic E-state index is -0.282. The van der Waals surface area contributed by atoms with Crippen molar-refractivity contribution in [3.05, 3.63) is 63.9 Å². The van der Waals surface area contributed by atoms with E-state index in [0.717, 1.165) is 16.6 Å². The second kappa shape index (κ2) is 6.93. The Kier molecular flexibility index (Phi) is 5.48. The molecule has 0 fully saturated rings. The average Bonchev–Trinajstić information content (AvgIpc) is 2.48. The van der Waals surface area contributed by atoms with Crippen molar-refractivity contribution in [2.45, 2.75) is 18.8 Å². The Labute approximate surface area is 138 Å². The van der Waals surface area contributed by atoms with E-state index in [4.69, 9.17) is 23.2 Å². The zero-order valence-corrected chi connectivity index (χ0v) is 14.3. The van der Waals surface area contributed by atoms with Gasteiger partial charge in [0.05, 0.1) is 0 Å². The van der Waals surface area contributed by atoms with Gasteiger partial charge in [-0.15, -0.1) is 23.2 Å². The van der Waals surface area contributed by atoms with E-state index in [2.05, 4.69) is 40.0 Å². The Morgan fingerprint density at radius 3 is 2.35 bits per heavy atom. The molecule has 2 rings (SSSR count). The highest BCUT2D eigenvalue weighted by molar-refractivity contribution is 9.10. The van der Waals surface area contributed by atoms with Gasteiger partial charge in [-0.25, -0.2) is 0 Å². The first-order chi connectivity index (χ1) is 9.61. The second-order valence-corrected chi connectivity index (χ2v) is 6.46. The number of hydrogen-bond acceptors (Lipinski definition) is 1. The van der Waals surface area contributed by atoms with Crippen LogP contribution < -0.4 is 0 Å². The van der Waals surface area contributed by atoms with Crippen LogP contribution in [0.25, 0.3) is 0 Å². The van der Waals surface area contributed by atoms with Crippen LogP contribution >= 0.6 is 39.1 Å². The minimum absolute atomic E-state index is 0.282. The van der Waals surface area contributed by atoms with E-state index in [1.807, 2.05) is 24.3 Å². The van der Waals surface area contributed by atoms with Crippen molar-refractivity contribution in [3.8, 4) is 0 Å². The molecular formula is C16H16BrCl2N. The normalized spacial score (nSPS) is 11.6. The molecule has 0 spiro atoms. The third kappa shape index (κ3) is 3.36. The Morgan fingerprint density at radius 2 is 1.80 bits per heavy atom. The summed E-state index contributed by atoms with van der Waals surface area (Å²) < 4.78 is 0.972. The smallest absolute Gasteiger partial charge is 0.0414 e. The van der Waals surface area contributed by atoms with Gasteiger partial charge in [0.15, 0.2) is 0 Å². The van der Waals surface area contributed by atoms with Crippen molar-refractivity contribution >= 4 is 39.1 Å². The van der Waals surface area contributed by atoms with Gasteiger partial charge in [-0.1, -0.05) is 24.3 Å². The van der Waals surface area contributed by atoms with Crippen LogP contribution in [0.3, 0.4) is 0 Å². The first-order valence-corrected chi connectivity index (χ1v) is 8.26. The second-order valence-electron chi connectivity index (χ2n) is 5.01. The van der Waals surface area contributed by atoms with Gasteiger partial charge in [-0.05, 0) is 46.1 Å². The highest BCUT2D eigenvalue weighted by Crippen LogP contribution is 2.33. The Morgan fingerprint density at radius 1 is 1.10 bits per heavy atom. The summed E-state index contributed by atoms with van der Waals surface area (Å²) in [4.78, 5) is 4.45. The first kappa shape index (κ1) is 15.8. The van der Waals surface area contributed by atoms with Crippen LogP contribution in [0, 0.1) is 6.92 Å². The molecule has 106 valence electrons. The fourth-order valence-corrected chi connectivity index (χ4v) is 3.39.